The number of halogens is 2. The molecule has 0 bridgehead atoms. The Morgan fingerprint density at radius 2 is 2.18 bits per heavy atom. The average molecular weight is 182 g/mol. The topological polar surface area (TPSA) is 37.3 Å². The molecule has 1 saturated heterocycles. The molecule has 5 heteroatoms. The van der Waals surface area contributed by atoms with Crippen molar-refractivity contribution in [3.05, 3.63) is 0 Å². The number of carbonyl (C=O) groups is 1. The van der Waals surface area contributed by atoms with E-state index in [2.05, 4.69) is 0 Å². The first-order valence-electron chi connectivity index (χ1n) is 3.18. The molecule has 0 aliphatic carbocycles. The molecule has 0 aromatic rings. The lowest BCUT2D eigenvalue weighted by molar-refractivity contribution is -0.151. The van der Waals surface area contributed by atoms with E-state index >= 15 is 0 Å². The van der Waals surface area contributed by atoms with Crippen molar-refractivity contribution in [2.45, 2.75) is 5.92 Å². The summed E-state index contributed by atoms with van der Waals surface area (Å²) in [4.78, 5) is 10.8. The SMILES string of the molecule is O=C(C1CSC1)C(F)(F)CO. The van der Waals surface area contributed by atoms with Crippen LogP contribution in [-0.2, 0) is 4.79 Å². The predicted molar refractivity (Wildman–Crippen MR) is 37.9 cm³/mol. The Bertz CT molecular complexity index is 168. The fraction of sp³-hybridized carbons (Fsp3) is 0.833. The van der Waals surface area contributed by atoms with Crippen molar-refractivity contribution in [1.29, 1.82) is 0 Å². The summed E-state index contributed by atoms with van der Waals surface area (Å²) in [6, 6.07) is 0. The number of hydrogen-bond acceptors (Lipinski definition) is 3. The van der Waals surface area contributed by atoms with Gasteiger partial charge in [-0.15, -0.1) is 0 Å². The Morgan fingerprint density at radius 3 is 2.45 bits per heavy atom. The molecule has 0 radical (unpaired) electrons. The lowest BCUT2D eigenvalue weighted by atomic mass is 10.0. The molecular formula is C6H8F2O2S. The van der Waals surface area contributed by atoms with E-state index in [1.165, 1.54) is 11.8 Å². The monoisotopic (exact) mass is 182 g/mol. The fourth-order valence-corrected chi connectivity index (χ4v) is 1.54. The number of Topliss-reactive ketones (excluding diaryl/α,β-unsaturated/α-hetero) is 1. The van der Waals surface area contributed by atoms with Crippen LogP contribution in [0.1, 0.15) is 0 Å². The van der Waals surface area contributed by atoms with Crippen LogP contribution in [0.3, 0.4) is 0 Å². The molecule has 0 aromatic heterocycles. The molecule has 1 aliphatic rings. The van der Waals surface area contributed by atoms with Gasteiger partial charge in [-0.2, -0.15) is 20.5 Å². The standard InChI is InChI=1S/C6H8F2O2S/c7-6(8,3-9)5(10)4-1-11-2-4/h4,9H,1-3H2. The van der Waals surface area contributed by atoms with Crippen LogP contribution in [0, 0.1) is 5.92 Å². The van der Waals surface area contributed by atoms with Crippen molar-refractivity contribution in [3.63, 3.8) is 0 Å². The molecule has 1 aliphatic heterocycles. The van der Waals surface area contributed by atoms with E-state index in [1.54, 1.807) is 0 Å². The molecule has 0 atom stereocenters. The second kappa shape index (κ2) is 3.06. The highest BCUT2D eigenvalue weighted by atomic mass is 32.2. The van der Waals surface area contributed by atoms with Crippen molar-refractivity contribution < 1.29 is 18.7 Å². The Kier molecular flexibility index (Phi) is 2.49. The maximum absolute atomic E-state index is 12.4. The first-order chi connectivity index (χ1) is 5.08. The second-order valence-electron chi connectivity index (χ2n) is 2.46. The zero-order chi connectivity index (χ0) is 8.48. The summed E-state index contributed by atoms with van der Waals surface area (Å²) in [5, 5.41) is 8.16. The summed E-state index contributed by atoms with van der Waals surface area (Å²) < 4.78 is 24.8. The van der Waals surface area contributed by atoms with Gasteiger partial charge >= 0.3 is 5.92 Å². The van der Waals surface area contributed by atoms with Gasteiger partial charge in [-0.25, -0.2) is 0 Å². The first-order valence-corrected chi connectivity index (χ1v) is 4.34. The number of hydrogen-bond donors (Lipinski definition) is 1. The highest BCUT2D eigenvalue weighted by Gasteiger charge is 2.44. The minimum Gasteiger partial charge on any atom is -0.390 e. The number of rotatable bonds is 3. The zero-order valence-corrected chi connectivity index (χ0v) is 6.53. The van der Waals surface area contributed by atoms with Crippen LogP contribution in [0.4, 0.5) is 8.78 Å². The number of alkyl halides is 2. The molecule has 0 spiro atoms. The highest BCUT2D eigenvalue weighted by Crippen LogP contribution is 2.30. The van der Waals surface area contributed by atoms with Gasteiger partial charge in [0.25, 0.3) is 0 Å². The summed E-state index contributed by atoms with van der Waals surface area (Å²) in [6.07, 6.45) is 0. The van der Waals surface area contributed by atoms with Crippen LogP contribution in [0.5, 0.6) is 0 Å². The van der Waals surface area contributed by atoms with Crippen molar-refractivity contribution in [2.75, 3.05) is 18.1 Å². The van der Waals surface area contributed by atoms with Crippen LogP contribution in [0.25, 0.3) is 0 Å². The number of carbonyl (C=O) groups excluding carboxylic acids is 1. The third-order valence-electron chi connectivity index (χ3n) is 1.57. The van der Waals surface area contributed by atoms with Gasteiger partial charge in [-0.05, 0) is 0 Å². The Hall–Kier alpha value is -0.160. The minimum atomic E-state index is -3.52. The van der Waals surface area contributed by atoms with E-state index in [9.17, 15) is 13.6 Å². The van der Waals surface area contributed by atoms with Crippen LogP contribution in [0.2, 0.25) is 0 Å². The average Bonchev–Trinajstić information content (AvgIpc) is 1.84. The molecule has 11 heavy (non-hydrogen) atoms. The summed E-state index contributed by atoms with van der Waals surface area (Å²) >= 11 is 1.46. The molecule has 1 heterocycles. The summed E-state index contributed by atoms with van der Waals surface area (Å²) in [6.45, 7) is -1.37. The Balaban J connectivity index is 2.51. The van der Waals surface area contributed by atoms with E-state index in [1.807, 2.05) is 0 Å². The molecule has 2 nitrogen and oxygen atoms in total. The third kappa shape index (κ3) is 1.70. The quantitative estimate of drug-likeness (QED) is 0.692. The van der Waals surface area contributed by atoms with E-state index in [4.69, 9.17) is 5.11 Å². The summed E-state index contributed by atoms with van der Waals surface area (Å²) in [5.41, 5.74) is 0. The van der Waals surface area contributed by atoms with Crippen LogP contribution < -0.4 is 0 Å². The number of ketones is 1. The zero-order valence-electron chi connectivity index (χ0n) is 5.72. The van der Waals surface area contributed by atoms with Crippen molar-refractivity contribution in [2.24, 2.45) is 5.92 Å². The molecular weight excluding hydrogens is 174 g/mol. The Labute approximate surface area is 67.0 Å². The van der Waals surface area contributed by atoms with Crippen LogP contribution >= 0.6 is 11.8 Å². The van der Waals surface area contributed by atoms with Crippen LogP contribution in [-0.4, -0.2) is 34.9 Å². The van der Waals surface area contributed by atoms with Gasteiger partial charge in [0.2, 0.25) is 5.78 Å². The van der Waals surface area contributed by atoms with Crippen molar-refractivity contribution >= 4 is 17.5 Å². The van der Waals surface area contributed by atoms with Gasteiger partial charge in [-0.3, -0.25) is 4.79 Å². The smallest absolute Gasteiger partial charge is 0.328 e. The van der Waals surface area contributed by atoms with Gasteiger partial charge in [-0.1, -0.05) is 0 Å². The van der Waals surface area contributed by atoms with E-state index in [0.29, 0.717) is 11.5 Å². The number of aliphatic hydroxyl groups excluding tert-OH is 1. The molecule has 64 valence electrons. The maximum Gasteiger partial charge on any atom is 0.328 e. The third-order valence-corrected chi connectivity index (χ3v) is 2.84. The lowest BCUT2D eigenvalue weighted by Gasteiger charge is -2.26. The molecule has 1 N–H and O–H groups in total. The molecule has 0 unspecified atom stereocenters. The predicted octanol–water partition coefficient (Wildman–Crippen LogP) is 0.546. The lowest BCUT2D eigenvalue weighted by Crippen LogP contribution is -2.42. The van der Waals surface area contributed by atoms with Crippen molar-refractivity contribution in [1.82, 2.24) is 0 Å². The summed E-state index contributed by atoms with van der Waals surface area (Å²) in [5.74, 6) is -4.24. The summed E-state index contributed by atoms with van der Waals surface area (Å²) in [7, 11) is 0. The second-order valence-corrected chi connectivity index (χ2v) is 3.54. The van der Waals surface area contributed by atoms with Gasteiger partial charge in [0.15, 0.2) is 0 Å². The van der Waals surface area contributed by atoms with Crippen LogP contribution in [0.15, 0.2) is 0 Å². The van der Waals surface area contributed by atoms with E-state index < -0.39 is 24.2 Å². The molecule has 0 amide bonds. The van der Waals surface area contributed by atoms with Gasteiger partial charge < -0.3 is 5.11 Å². The normalized spacial score (nSPS) is 19.5. The molecule has 1 rings (SSSR count). The van der Waals surface area contributed by atoms with Crippen molar-refractivity contribution in [3.8, 4) is 0 Å². The van der Waals surface area contributed by atoms with Gasteiger partial charge in [0.1, 0.15) is 6.61 Å². The Morgan fingerprint density at radius 1 is 1.64 bits per heavy atom. The molecule has 0 saturated carbocycles. The number of thioether (sulfide) groups is 1. The maximum atomic E-state index is 12.4. The van der Waals surface area contributed by atoms with Gasteiger partial charge in [0.05, 0.1) is 0 Å². The van der Waals surface area contributed by atoms with E-state index in [-0.39, 0.29) is 0 Å². The molecule has 0 aromatic carbocycles. The van der Waals surface area contributed by atoms with E-state index in [0.717, 1.165) is 0 Å². The largest absolute Gasteiger partial charge is 0.390 e. The first kappa shape index (κ1) is 8.93. The molecule has 1 fully saturated rings. The highest BCUT2D eigenvalue weighted by molar-refractivity contribution is 8.00. The van der Waals surface area contributed by atoms with Gasteiger partial charge in [0, 0.05) is 17.4 Å². The fourth-order valence-electron chi connectivity index (χ4n) is 0.764. The minimum absolute atomic E-state index is 0.467. The number of aliphatic hydroxyl groups is 1.